The quantitative estimate of drug-likeness (QED) is 0.814. The maximum Gasteiger partial charge on any atom is 0.0454 e. The molecule has 13 heavy (non-hydrogen) atoms. The van der Waals surface area contributed by atoms with Crippen LogP contribution in [0.1, 0.15) is 24.4 Å². The summed E-state index contributed by atoms with van der Waals surface area (Å²) in [5, 5.41) is 4.30. The Kier molecular flexibility index (Phi) is 2.92. The third kappa shape index (κ3) is 2.06. The fraction of sp³-hybridized carbons (Fsp3) is 0.400. The molecular weight excluding hydrogens is 249 g/mol. The number of hydrogen-bond donors (Lipinski definition) is 1. The van der Waals surface area contributed by atoms with E-state index in [-0.39, 0.29) is 0 Å². The fourth-order valence-electron chi connectivity index (χ4n) is 1.73. The van der Waals surface area contributed by atoms with Crippen LogP contribution in [-0.2, 0) is 0 Å². The van der Waals surface area contributed by atoms with Crippen LogP contribution in [0.4, 0.5) is 0 Å². The molecule has 0 saturated carbocycles. The average Bonchev–Trinajstić information content (AvgIpc) is 2.61. The second kappa shape index (κ2) is 3.99. The molecule has 0 bridgehead atoms. The van der Waals surface area contributed by atoms with Gasteiger partial charge in [-0.15, -0.1) is 0 Å². The first-order valence-electron chi connectivity index (χ1n) is 4.46. The third-order valence-corrected chi connectivity index (χ3v) is 3.23. The molecule has 0 amide bonds. The molecule has 1 heterocycles. The minimum atomic E-state index is 0.449. The summed E-state index contributed by atoms with van der Waals surface area (Å²) in [5.41, 5.74) is 1.22. The van der Waals surface area contributed by atoms with Crippen molar-refractivity contribution in [2.75, 3.05) is 6.54 Å². The first kappa shape index (κ1) is 9.50. The van der Waals surface area contributed by atoms with Crippen molar-refractivity contribution in [3.05, 3.63) is 33.3 Å². The number of halogens is 2. The second-order valence-electron chi connectivity index (χ2n) is 3.31. The van der Waals surface area contributed by atoms with Gasteiger partial charge in [0.15, 0.2) is 0 Å². The zero-order valence-electron chi connectivity index (χ0n) is 7.19. The Labute approximate surface area is 91.6 Å². The van der Waals surface area contributed by atoms with E-state index in [0.29, 0.717) is 6.04 Å². The molecule has 1 saturated heterocycles. The Balaban J connectivity index is 2.32. The molecule has 1 nitrogen and oxygen atoms in total. The molecule has 0 radical (unpaired) electrons. The lowest BCUT2D eigenvalue weighted by Gasteiger charge is -2.12. The molecule has 1 atom stereocenters. The van der Waals surface area contributed by atoms with E-state index in [4.69, 9.17) is 11.6 Å². The highest BCUT2D eigenvalue weighted by atomic mass is 79.9. The zero-order valence-corrected chi connectivity index (χ0v) is 9.53. The predicted molar refractivity (Wildman–Crippen MR) is 59.1 cm³/mol. The van der Waals surface area contributed by atoms with Crippen molar-refractivity contribution in [1.29, 1.82) is 0 Å². The van der Waals surface area contributed by atoms with Crippen LogP contribution in [0, 0.1) is 0 Å². The van der Waals surface area contributed by atoms with Crippen LogP contribution in [-0.4, -0.2) is 6.54 Å². The molecule has 1 aliphatic rings. The van der Waals surface area contributed by atoms with Crippen molar-refractivity contribution in [3.63, 3.8) is 0 Å². The molecule has 1 aromatic carbocycles. The normalized spacial score (nSPS) is 22.2. The molecule has 0 aromatic heterocycles. The summed E-state index contributed by atoms with van der Waals surface area (Å²) in [6.45, 7) is 1.10. The maximum atomic E-state index is 6.12. The van der Waals surface area contributed by atoms with Gasteiger partial charge < -0.3 is 5.32 Å². The summed E-state index contributed by atoms with van der Waals surface area (Å²) >= 11 is 9.57. The van der Waals surface area contributed by atoms with Crippen LogP contribution in [0.25, 0.3) is 0 Å². The van der Waals surface area contributed by atoms with Crippen molar-refractivity contribution in [2.45, 2.75) is 18.9 Å². The summed E-state index contributed by atoms with van der Waals surface area (Å²) in [4.78, 5) is 0. The predicted octanol–water partition coefficient (Wildman–Crippen LogP) is 3.53. The van der Waals surface area contributed by atoms with E-state index >= 15 is 0 Å². The Hall–Kier alpha value is -0.0500. The minimum absolute atomic E-state index is 0.449. The Bertz CT molecular complexity index is 308. The minimum Gasteiger partial charge on any atom is -0.310 e. The van der Waals surface area contributed by atoms with Crippen LogP contribution in [0.15, 0.2) is 22.7 Å². The molecule has 1 aromatic rings. The molecule has 1 fully saturated rings. The van der Waals surface area contributed by atoms with E-state index in [1.54, 1.807) is 0 Å². The van der Waals surface area contributed by atoms with E-state index in [2.05, 4.69) is 27.3 Å². The highest BCUT2D eigenvalue weighted by Crippen LogP contribution is 2.31. The molecule has 0 aliphatic carbocycles. The molecule has 1 N–H and O–H groups in total. The average molecular weight is 261 g/mol. The van der Waals surface area contributed by atoms with E-state index in [1.807, 2.05) is 12.1 Å². The standard InChI is InChI=1S/C10H11BrClN/c11-7-3-4-9(12)8(6-7)10-2-1-5-13-10/h3-4,6,10,13H,1-2,5H2/t10-/m1/s1. The Morgan fingerprint density at radius 1 is 1.46 bits per heavy atom. The summed E-state index contributed by atoms with van der Waals surface area (Å²) < 4.78 is 1.10. The SMILES string of the molecule is Clc1ccc(Br)cc1[C@H]1CCCN1. The summed E-state index contributed by atoms with van der Waals surface area (Å²) in [6.07, 6.45) is 2.43. The van der Waals surface area contributed by atoms with Gasteiger partial charge >= 0.3 is 0 Å². The van der Waals surface area contributed by atoms with Gasteiger partial charge in [0.1, 0.15) is 0 Å². The van der Waals surface area contributed by atoms with Crippen molar-refractivity contribution >= 4 is 27.5 Å². The summed E-state index contributed by atoms with van der Waals surface area (Å²) in [5.74, 6) is 0. The molecule has 0 unspecified atom stereocenters. The van der Waals surface area contributed by atoms with Crippen molar-refractivity contribution in [3.8, 4) is 0 Å². The van der Waals surface area contributed by atoms with Crippen LogP contribution < -0.4 is 5.32 Å². The van der Waals surface area contributed by atoms with Gasteiger partial charge in [-0.25, -0.2) is 0 Å². The largest absolute Gasteiger partial charge is 0.310 e. The second-order valence-corrected chi connectivity index (χ2v) is 4.64. The fourth-order valence-corrected chi connectivity index (χ4v) is 2.36. The molecule has 70 valence electrons. The zero-order chi connectivity index (χ0) is 9.26. The third-order valence-electron chi connectivity index (χ3n) is 2.39. The van der Waals surface area contributed by atoms with Crippen molar-refractivity contribution < 1.29 is 0 Å². The van der Waals surface area contributed by atoms with E-state index in [1.165, 1.54) is 18.4 Å². The van der Waals surface area contributed by atoms with E-state index in [0.717, 1.165) is 16.0 Å². The van der Waals surface area contributed by atoms with Crippen molar-refractivity contribution in [2.24, 2.45) is 0 Å². The lowest BCUT2D eigenvalue weighted by molar-refractivity contribution is 0.647. The molecular formula is C10H11BrClN. The molecule has 1 aliphatic heterocycles. The van der Waals surface area contributed by atoms with Crippen LogP contribution >= 0.6 is 27.5 Å². The van der Waals surface area contributed by atoms with E-state index < -0.39 is 0 Å². The topological polar surface area (TPSA) is 12.0 Å². The summed E-state index contributed by atoms with van der Waals surface area (Å²) in [7, 11) is 0. The van der Waals surface area contributed by atoms with Gasteiger partial charge in [0, 0.05) is 15.5 Å². The molecule has 2 rings (SSSR count). The Morgan fingerprint density at radius 3 is 3.00 bits per heavy atom. The lowest BCUT2D eigenvalue weighted by atomic mass is 10.1. The first-order chi connectivity index (χ1) is 6.27. The van der Waals surface area contributed by atoms with Crippen LogP contribution in [0.3, 0.4) is 0 Å². The summed E-state index contributed by atoms with van der Waals surface area (Å²) in [6, 6.07) is 6.47. The number of nitrogens with one attached hydrogen (secondary N) is 1. The molecule has 0 spiro atoms. The number of rotatable bonds is 1. The van der Waals surface area contributed by atoms with Gasteiger partial charge in [-0.2, -0.15) is 0 Å². The van der Waals surface area contributed by atoms with Gasteiger partial charge in [-0.1, -0.05) is 27.5 Å². The number of hydrogen-bond acceptors (Lipinski definition) is 1. The maximum absolute atomic E-state index is 6.12. The van der Waals surface area contributed by atoms with Gasteiger partial charge in [-0.3, -0.25) is 0 Å². The Morgan fingerprint density at radius 2 is 2.31 bits per heavy atom. The smallest absolute Gasteiger partial charge is 0.0454 e. The lowest BCUT2D eigenvalue weighted by Crippen LogP contribution is -2.13. The van der Waals surface area contributed by atoms with Crippen LogP contribution in [0.5, 0.6) is 0 Å². The van der Waals surface area contributed by atoms with Gasteiger partial charge in [0.25, 0.3) is 0 Å². The monoisotopic (exact) mass is 259 g/mol. The van der Waals surface area contributed by atoms with E-state index in [9.17, 15) is 0 Å². The van der Waals surface area contributed by atoms with Gasteiger partial charge in [-0.05, 0) is 43.1 Å². The van der Waals surface area contributed by atoms with Crippen LogP contribution in [0.2, 0.25) is 5.02 Å². The highest BCUT2D eigenvalue weighted by Gasteiger charge is 2.18. The van der Waals surface area contributed by atoms with Crippen molar-refractivity contribution in [1.82, 2.24) is 5.32 Å². The van der Waals surface area contributed by atoms with Gasteiger partial charge in [0.2, 0.25) is 0 Å². The van der Waals surface area contributed by atoms with Gasteiger partial charge in [0.05, 0.1) is 0 Å². The highest BCUT2D eigenvalue weighted by molar-refractivity contribution is 9.10. The molecule has 3 heteroatoms. The first-order valence-corrected chi connectivity index (χ1v) is 5.63. The number of benzene rings is 1.